The van der Waals surface area contributed by atoms with Crippen molar-refractivity contribution >= 4 is 0 Å². The zero-order chi connectivity index (χ0) is 13.2. The van der Waals surface area contributed by atoms with Crippen molar-refractivity contribution in [2.45, 2.75) is 38.4 Å². The van der Waals surface area contributed by atoms with Gasteiger partial charge in [0.25, 0.3) is 0 Å². The summed E-state index contributed by atoms with van der Waals surface area (Å²) < 4.78 is 0. The van der Waals surface area contributed by atoms with Crippen LogP contribution in [0.25, 0.3) is 0 Å². The first-order chi connectivity index (χ1) is 8.46. The molecular formula is C15H23NO2. The summed E-state index contributed by atoms with van der Waals surface area (Å²) in [5, 5.41) is 20.0. The minimum atomic E-state index is -0.547. The lowest BCUT2D eigenvalue weighted by molar-refractivity contribution is 0.0655. The predicted octanol–water partition coefficient (Wildman–Crippen LogP) is 1.88. The van der Waals surface area contributed by atoms with E-state index in [0.717, 1.165) is 31.5 Å². The molecule has 1 aromatic rings. The highest BCUT2D eigenvalue weighted by Gasteiger charge is 2.31. The van der Waals surface area contributed by atoms with E-state index < -0.39 is 11.7 Å². The molecule has 0 aliphatic carbocycles. The van der Waals surface area contributed by atoms with Crippen molar-refractivity contribution in [3.63, 3.8) is 0 Å². The molecule has 0 aromatic heterocycles. The van der Waals surface area contributed by atoms with Gasteiger partial charge in [0, 0.05) is 19.6 Å². The third-order valence-corrected chi connectivity index (χ3v) is 3.71. The molecule has 0 spiro atoms. The summed E-state index contributed by atoms with van der Waals surface area (Å²) in [6.07, 6.45) is 1.14. The second-order valence-electron chi connectivity index (χ2n) is 5.74. The van der Waals surface area contributed by atoms with Crippen molar-refractivity contribution in [1.29, 1.82) is 0 Å². The average Bonchev–Trinajstić information content (AvgIpc) is 2.67. The number of rotatable bonds is 4. The summed E-state index contributed by atoms with van der Waals surface area (Å²) in [6, 6.07) is 8.03. The molecule has 2 atom stereocenters. The Hall–Kier alpha value is -0.900. The third-order valence-electron chi connectivity index (χ3n) is 3.71. The third kappa shape index (κ3) is 3.55. The van der Waals surface area contributed by atoms with Gasteiger partial charge in [-0.2, -0.15) is 0 Å². The zero-order valence-electron chi connectivity index (χ0n) is 11.3. The van der Waals surface area contributed by atoms with E-state index in [1.165, 1.54) is 5.56 Å². The SMILES string of the molecule is Cc1ccc(C(O)CCN2CCC(C)(O)C2)cc1. The van der Waals surface area contributed by atoms with Crippen LogP contribution in [0.4, 0.5) is 0 Å². The molecule has 1 aliphatic rings. The zero-order valence-corrected chi connectivity index (χ0v) is 11.3. The lowest BCUT2D eigenvalue weighted by Gasteiger charge is -2.20. The Balaban J connectivity index is 1.82. The molecule has 0 amide bonds. The lowest BCUT2D eigenvalue weighted by atomic mass is 10.0. The summed E-state index contributed by atoms with van der Waals surface area (Å²) >= 11 is 0. The van der Waals surface area contributed by atoms with Gasteiger partial charge in [0.2, 0.25) is 0 Å². The van der Waals surface area contributed by atoms with Crippen molar-refractivity contribution in [3.8, 4) is 0 Å². The van der Waals surface area contributed by atoms with E-state index >= 15 is 0 Å². The number of aryl methyl sites for hydroxylation is 1. The van der Waals surface area contributed by atoms with Crippen LogP contribution >= 0.6 is 0 Å². The smallest absolute Gasteiger partial charge is 0.0802 e. The van der Waals surface area contributed by atoms with Gasteiger partial charge in [0.1, 0.15) is 0 Å². The number of likely N-dealkylation sites (tertiary alicyclic amines) is 1. The fraction of sp³-hybridized carbons (Fsp3) is 0.600. The van der Waals surface area contributed by atoms with Gasteiger partial charge < -0.3 is 15.1 Å². The van der Waals surface area contributed by atoms with Crippen LogP contribution < -0.4 is 0 Å². The second kappa shape index (κ2) is 5.39. The molecule has 3 heteroatoms. The van der Waals surface area contributed by atoms with Crippen LogP contribution in [0.1, 0.15) is 37.0 Å². The maximum atomic E-state index is 10.1. The number of β-amino-alcohol motifs (C(OH)–C–C–N with tert-alkyl or cyclic N) is 1. The Kier molecular flexibility index (Phi) is 4.05. The van der Waals surface area contributed by atoms with Crippen molar-refractivity contribution in [3.05, 3.63) is 35.4 Å². The van der Waals surface area contributed by atoms with E-state index in [2.05, 4.69) is 4.90 Å². The molecule has 1 aliphatic heterocycles. The fourth-order valence-electron chi connectivity index (χ4n) is 2.49. The molecule has 1 heterocycles. The summed E-state index contributed by atoms with van der Waals surface area (Å²) in [5.74, 6) is 0. The van der Waals surface area contributed by atoms with E-state index in [0.29, 0.717) is 6.54 Å². The molecule has 1 fully saturated rings. The van der Waals surface area contributed by atoms with E-state index in [4.69, 9.17) is 0 Å². The average molecular weight is 249 g/mol. The molecule has 0 bridgehead atoms. The van der Waals surface area contributed by atoms with E-state index in [-0.39, 0.29) is 0 Å². The minimum Gasteiger partial charge on any atom is -0.389 e. The molecule has 1 saturated heterocycles. The van der Waals surface area contributed by atoms with Crippen LogP contribution in [0.15, 0.2) is 24.3 Å². The standard InChI is InChI=1S/C15H23NO2/c1-12-3-5-13(6-4-12)14(17)7-9-16-10-8-15(2,18)11-16/h3-6,14,17-18H,7-11H2,1-2H3. The van der Waals surface area contributed by atoms with Crippen LogP contribution in [0, 0.1) is 6.92 Å². The van der Waals surface area contributed by atoms with Gasteiger partial charge in [-0.25, -0.2) is 0 Å². The summed E-state index contributed by atoms with van der Waals surface area (Å²) in [5.41, 5.74) is 1.64. The van der Waals surface area contributed by atoms with E-state index in [1.807, 2.05) is 38.1 Å². The molecule has 3 nitrogen and oxygen atoms in total. The second-order valence-corrected chi connectivity index (χ2v) is 5.74. The van der Waals surface area contributed by atoms with Crippen molar-refractivity contribution < 1.29 is 10.2 Å². The summed E-state index contributed by atoms with van der Waals surface area (Å²) in [4.78, 5) is 2.22. The molecular weight excluding hydrogens is 226 g/mol. The van der Waals surface area contributed by atoms with Crippen LogP contribution in [0.3, 0.4) is 0 Å². The lowest BCUT2D eigenvalue weighted by Crippen LogP contribution is -2.30. The van der Waals surface area contributed by atoms with Gasteiger partial charge >= 0.3 is 0 Å². The Bertz CT molecular complexity index is 386. The van der Waals surface area contributed by atoms with E-state index in [1.54, 1.807) is 0 Å². The number of hydrogen-bond donors (Lipinski definition) is 2. The fourth-order valence-corrected chi connectivity index (χ4v) is 2.49. The van der Waals surface area contributed by atoms with Crippen LogP contribution in [-0.4, -0.2) is 40.3 Å². The maximum Gasteiger partial charge on any atom is 0.0802 e. The summed E-state index contributed by atoms with van der Waals surface area (Å²) in [7, 11) is 0. The van der Waals surface area contributed by atoms with Gasteiger partial charge in [0.15, 0.2) is 0 Å². The Morgan fingerprint density at radius 1 is 1.33 bits per heavy atom. The van der Waals surface area contributed by atoms with Gasteiger partial charge in [-0.1, -0.05) is 29.8 Å². The van der Waals surface area contributed by atoms with Crippen molar-refractivity contribution in [1.82, 2.24) is 4.90 Å². The summed E-state index contributed by atoms with van der Waals surface area (Å²) in [6.45, 7) is 6.40. The van der Waals surface area contributed by atoms with Crippen molar-refractivity contribution in [2.75, 3.05) is 19.6 Å². The quantitative estimate of drug-likeness (QED) is 0.856. The molecule has 2 unspecified atom stereocenters. The molecule has 0 saturated carbocycles. The number of benzene rings is 1. The van der Waals surface area contributed by atoms with Gasteiger partial charge in [-0.3, -0.25) is 0 Å². The minimum absolute atomic E-state index is 0.406. The van der Waals surface area contributed by atoms with E-state index in [9.17, 15) is 10.2 Å². The highest BCUT2D eigenvalue weighted by molar-refractivity contribution is 5.23. The molecule has 0 radical (unpaired) electrons. The molecule has 100 valence electrons. The Morgan fingerprint density at radius 2 is 2.00 bits per heavy atom. The number of aliphatic hydroxyl groups is 2. The Labute approximate surface area is 109 Å². The molecule has 18 heavy (non-hydrogen) atoms. The molecule has 2 N–H and O–H groups in total. The topological polar surface area (TPSA) is 43.7 Å². The van der Waals surface area contributed by atoms with Crippen LogP contribution in [0.5, 0.6) is 0 Å². The van der Waals surface area contributed by atoms with Crippen LogP contribution in [-0.2, 0) is 0 Å². The highest BCUT2D eigenvalue weighted by Crippen LogP contribution is 2.23. The number of hydrogen-bond acceptors (Lipinski definition) is 3. The van der Waals surface area contributed by atoms with Gasteiger partial charge in [-0.05, 0) is 32.3 Å². The number of nitrogens with zero attached hydrogens (tertiary/aromatic N) is 1. The Morgan fingerprint density at radius 3 is 2.56 bits per heavy atom. The first kappa shape index (κ1) is 13.5. The van der Waals surface area contributed by atoms with Gasteiger partial charge in [0.05, 0.1) is 11.7 Å². The molecule has 1 aromatic carbocycles. The predicted molar refractivity (Wildman–Crippen MR) is 72.4 cm³/mol. The normalized spacial score (nSPS) is 26.4. The number of aliphatic hydroxyl groups excluding tert-OH is 1. The van der Waals surface area contributed by atoms with Gasteiger partial charge in [-0.15, -0.1) is 0 Å². The van der Waals surface area contributed by atoms with Crippen molar-refractivity contribution in [2.24, 2.45) is 0 Å². The first-order valence-corrected chi connectivity index (χ1v) is 6.66. The van der Waals surface area contributed by atoms with Crippen LogP contribution in [0.2, 0.25) is 0 Å². The molecule has 2 rings (SSSR count). The monoisotopic (exact) mass is 249 g/mol. The maximum absolute atomic E-state index is 10.1. The first-order valence-electron chi connectivity index (χ1n) is 6.66. The largest absolute Gasteiger partial charge is 0.389 e. The highest BCUT2D eigenvalue weighted by atomic mass is 16.3.